The van der Waals surface area contributed by atoms with E-state index in [1.807, 2.05) is 13.8 Å². The van der Waals surface area contributed by atoms with Gasteiger partial charge in [-0.15, -0.1) is 13.1 Å². The minimum absolute atomic E-state index is 0. The fourth-order valence-corrected chi connectivity index (χ4v) is 3.01. The number of nitrogen functional groups attached to an aromatic ring is 1. The van der Waals surface area contributed by atoms with E-state index in [9.17, 15) is 13.2 Å². The largest absolute Gasteiger partial charge is 1.00 e. The number of alkyl halides is 3. The molecular formula is C23H36F3N4Na. The molecule has 1 aromatic carbocycles. The van der Waals surface area contributed by atoms with Gasteiger partial charge in [-0.05, 0) is 51.9 Å². The van der Waals surface area contributed by atoms with Gasteiger partial charge >= 0.3 is 35.7 Å². The molecule has 170 valence electrons. The predicted molar refractivity (Wildman–Crippen MR) is 119 cm³/mol. The normalized spacial score (nSPS) is 13.6. The molecule has 1 aliphatic rings. The van der Waals surface area contributed by atoms with Crippen molar-refractivity contribution in [1.29, 1.82) is 0 Å². The van der Waals surface area contributed by atoms with Crippen molar-refractivity contribution in [3.63, 3.8) is 0 Å². The van der Waals surface area contributed by atoms with Crippen LogP contribution in [0, 0.1) is 13.1 Å². The Morgan fingerprint density at radius 2 is 1.68 bits per heavy atom. The van der Waals surface area contributed by atoms with E-state index in [1.54, 1.807) is 13.0 Å². The topological polar surface area (TPSA) is 55.0 Å². The monoisotopic (exact) mass is 448 g/mol. The Morgan fingerprint density at radius 1 is 1.10 bits per heavy atom. The Hall–Kier alpha value is -1.15. The second-order valence-electron chi connectivity index (χ2n) is 7.00. The number of aryl methyl sites for hydroxylation is 1. The zero-order valence-corrected chi connectivity index (χ0v) is 21.0. The molecule has 0 atom stereocenters. The van der Waals surface area contributed by atoms with E-state index in [-0.39, 0.29) is 42.7 Å². The van der Waals surface area contributed by atoms with Gasteiger partial charge in [0.25, 0.3) is 0 Å². The molecule has 3 rings (SSSR count). The average Bonchev–Trinajstić information content (AvgIpc) is 2.70. The molecule has 8 heteroatoms. The molecule has 4 nitrogen and oxygen atoms in total. The van der Waals surface area contributed by atoms with E-state index in [0.717, 1.165) is 23.7 Å². The molecule has 2 N–H and O–H groups in total. The zero-order chi connectivity index (χ0) is 22.0. The van der Waals surface area contributed by atoms with Crippen LogP contribution in [0.4, 0.5) is 18.9 Å². The van der Waals surface area contributed by atoms with Gasteiger partial charge < -0.3 is 10.6 Å². The van der Waals surface area contributed by atoms with E-state index >= 15 is 0 Å². The Bertz CT molecular complexity index is 746. The minimum atomic E-state index is -4.40. The number of hydrogen-bond acceptors (Lipinski definition) is 4. The number of piperidine rings is 1. The third-order valence-corrected chi connectivity index (χ3v) is 4.62. The third kappa shape index (κ3) is 10.3. The first kappa shape index (κ1) is 32.0. The van der Waals surface area contributed by atoms with Gasteiger partial charge in [0.05, 0.1) is 5.56 Å². The number of halogens is 3. The van der Waals surface area contributed by atoms with Crippen LogP contribution in [0.3, 0.4) is 0 Å². The summed E-state index contributed by atoms with van der Waals surface area (Å²) in [6.45, 7) is 13.0. The molecule has 0 saturated carbocycles. The Balaban J connectivity index is 0. The molecule has 2 aromatic rings. The number of hydrogen-bond donors (Lipinski definition) is 1. The van der Waals surface area contributed by atoms with Crippen LogP contribution in [0.25, 0.3) is 11.3 Å². The van der Waals surface area contributed by atoms with Crippen molar-refractivity contribution in [3.8, 4) is 11.3 Å². The second kappa shape index (κ2) is 15.6. The number of aromatic nitrogens is 2. The number of benzene rings is 1. The Kier molecular flexibility index (Phi) is 16.1. The fraction of sp³-hybridized carbons (Fsp3) is 0.565. The first-order chi connectivity index (χ1) is 13.7. The number of rotatable bonds is 2. The SMILES string of the molecule is C.CC.CC(C)N1CCCCC1.Cc1c[c-]nnc1-c1ccc(C(F)(F)F)cc1N.[Na+]. The van der Waals surface area contributed by atoms with Gasteiger partial charge in [0, 0.05) is 23.0 Å². The van der Waals surface area contributed by atoms with E-state index in [1.165, 1.54) is 38.4 Å². The summed E-state index contributed by atoms with van der Waals surface area (Å²) < 4.78 is 37.5. The van der Waals surface area contributed by atoms with Crippen LogP contribution in [-0.4, -0.2) is 34.2 Å². The first-order valence-electron chi connectivity index (χ1n) is 10.1. The predicted octanol–water partition coefficient (Wildman–Crippen LogP) is 3.40. The van der Waals surface area contributed by atoms with Crippen molar-refractivity contribution >= 4 is 5.69 Å². The molecule has 1 aromatic heterocycles. The molecule has 0 radical (unpaired) electrons. The number of anilines is 1. The molecular weight excluding hydrogens is 412 g/mol. The van der Waals surface area contributed by atoms with Gasteiger partial charge in [-0.25, -0.2) is 6.07 Å². The van der Waals surface area contributed by atoms with E-state index in [4.69, 9.17) is 5.73 Å². The van der Waals surface area contributed by atoms with Crippen molar-refractivity contribution < 1.29 is 42.7 Å². The van der Waals surface area contributed by atoms with Gasteiger partial charge in [0.15, 0.2) is 0 Å². The van der Waals surface area contributed by atoms with Crippen molar-refractivity contribution in [2.75, 3.05) is 18.8 Å². The van der Waals surface area contributed by atoms with Crippen molar-refractivity contribution in [3.05, 3.63) is 41.6 Å². The molecule has 1 saturated heterocycles. The van der Waals surface area contributed by atoms with E-state index in [0.29, 0.717) is 11.3 Å². The molecule has 0 amide bonds. The fourth-order valence-electron chi connectivity index (χ4n) is 3.01. The first-order valence-corrected chi connectivity index (χ1v) is 10.1. The summed E-state index contributed by atoms with van der Waals surface area (Å²) in [6.07, 6.45) is 2.42. The maximum atomic E-state index is 12.5. The average molecular weight is 449 g/mol. The van der Waals surface area contributed by atoms with Gasteiger partial charge in [-0.2, -0.15) is 23.8 Å². The third-order valence-electron chi connectivity index (χ3n) is 4.62. The quantitative estimate of drug-likeness (QED) is 0.435. The molecule has 0 bridgehead atoms. The molecule has 0 unspecified atom stereocenters. The smallest absolute Gasteiger partial charge is 0.398 e. The number of likely N-dealkylation sites (tertiary alicyclic amines) is 1. The number of nitrogens with zero attached hydrogens (tertiary/aromatic N) is 3. The standard InChI is InChI=1S/C12H9F3N3.C8H17N.C2H6.CH4.Na/c1-7-4-5-17-18-11(7)9-3-2-8(6-10(9)16)12(13,14)15;1-8(2)9-6-4-3-5-7-9;1-2;;/h2-4,6H,16H2,1H3;8H,3-7H2,1-2H3;1-2H3;1H4;/q-1;;;;+1. The molecule has 1 aliphatic heterocycles. The summed E-state index contributed by atoms with van der Waals surface area (Å²) in [7, 11) is 0. The Labute approximate surface area is 208 Å². The van der Waals surface area contributed by atoms with Crippen LogP contribution in [0.2, 0.25) is 0 Å². The zero-order valence-electron chi connectivity index (χ0n) is 19.0. The summed E-state index contributed by atoms with van der Waals surface area (Å²) in [6, 6.07) is 5.54. The van der Waals surface area contributed by atoms with Crippen LogP contribution in [0.1, 0.15) is 65.5 Å². The van der Waals surface area contributed by atoms with E-state index in [2.05, 4.69) is 35.1 Å². The van der Waals surface area contributed by atoms with Crippen LogP contribution in [0.15, 0.2) is 24.3 Å². The van der Waals surface area contributed by atoms with Crippen LogP contribution in [0.5, 0.6) is 0 Å². The van der Waals surface area contributed by atoms with E-state index < -0.39 is 11.7 Å². The summed E-state index contributed by atoms with van der Waals surface area (Å²) in [5.41, 5.74) is 6.52. The summed E-state index contributed by atoms with van der Waals surface area (Å²) in [5, 5.41) is 7.42. The minimum Gasteiger partial charge on any atom is -0.398 e. The maximum absolute atomic E-state index is 12.5. The maximum Gasteiger partial charge on any atom is 1.00 e. The van der Waals surface area contributed by atoms with Crippen molar-refractivity contribution in [1.82, 2.24) is 15.1 Å². The van der Waals surface area contributed by atoms with Crippen molar-refractivity contribution in [2.24, 2.45) is 0 Å². The molecule has 31 heavy (non-hydrogen) atoms. The van der Waals surface area contributed by atoms with Crippen LogP contribution >= 0.6 is 0 Å². The van der Waals surface area contributed by atoms with Crippen LogP contribution in [-0.2, 0) is 6.18 Å². The molecule has 0 spiro atoms. The van der Waals surface area contributed by atoms with Gasteiger partial charge in [0.1, 0.15) is 0 Å². The molecule has 1 fully saturated rings. The summed E-state index contributed by atoms with van der Waals surface area (Å²) in [4.78, 5) is 2.56. The van der Waals surface area contributed by atoms with Gasteiger partial charge in [0.2, 0.25) is 0 Å². The van der Waals surface area contributed by atoms with Gasteiger partial charge in [-0.3, -0.25) is 5.10 Å². The number of nitrogens with two attached hydrogens (primary N) is 1. The van der Waals surface area contributed by atoms with Gasteiger partial charge in [-0.1, -0.05) is 33.8 Å². The Morgan fingerprint density at radius 3 is 2.10 bits per heavy atom. The summed E-state index contributed by atoms with van der Waals surface area (Å²) in [5.74, 6) is 0. The summed E-state index contributed by atoms with van der Waals surface area (Å²) >= 11 is 0. The van der Waals surface area contributed by atoms with Crippen molar-refractivity contribution in [2.45, 2.75) is 73.5 Å². The molecule has 2 heterocycles. The van der Waals surface area contributed by atoms with Crippen LogP contribution < -0.4 is 35.3 Å². The molecule has 0 aliphatic carbocycles. The second-order valence-corrected chi connectivity index (χ2v) is 7.00.